The summed E-state index contributed by atoms with van der Waals surface area (Å²) in [6, 6.07) is 6.16. The van der Waals surface area contributed by atoms with Crippen LogP contribution in [-0.2, 0) is 4.79 Å². The van der Waals surface area contributed by atoms with Crippen LogP contribution in [0.1, 0.15) is 37.3 Å². The van der Waals surface area contributed by atoms with Crippen LogP contribution in [0.3, 0.4) is 0 Å². The third-order valence-corrected chi connectivity index (χ3v) is 3.22. The van der Waals surface area contributed by atoms with E-state index in [4.69, 9.17) is 10.5 Å². The molecule has 0 aromatic heterocycles. The number of carbonyl (C=O) groups excluding carboxylic acids is 1. The molecule has 0 saturated heterocycles. The second kappa shape index (κ2) is 8.59. The predicted octanol–water partition coefficient (Wildman–Crippen LogP) is 2.32. The molecule has 0 heterocycles. The Morgan fingerprint density at radius 1 is 1.35 bits per heavy atom. The van der Waals surface area contributed by atoms with Gasteiger partial charge in [0.2, 0.25) is 5.91 Å². The van der Waals surface area contributed by atoms with Crippen LogP contribution in [0.25, 0.3) is 0 Å². The molecular weight excluding hydrogens is 252 g/mol. The van der Waals surface area contributed by atoms with Crippen LogP contribution < -0.4 is 15.8 Å². The summed E-state index contributed by atoms with van der Waals surface area (Å²) in [4.78, 5) is 11.5. The molecule has 0 aliphatic rings. The van der Waals surface area contributed by atoms with Crippen LogP contribution in [0.4, 0.5) is 0 Å². The smallest absolute Gasteiger partial charge is 0.220 e. The molecule has 0 bridgehead atoms. The third-order valence-electron chi connectivity index (χ3n) is 3.22. The van der Waals surface area contributed by atoms with Crippen molar-refractivity contribution >= 4 is 5.91 Å². The Kier molecular flexibility index (Phi) is 7.09. The van der Waals surface area contributed by atoms with Crippen molar-refractivity contribution in [3.8, 4) is 5.75 Å². The van der Waals surface area contributed by atoms with Crippen molar-refractivity contribution in [1.29, 1.82) is 0 Å². The topological polar surface area (TPSA) is 64.3 Å². The van der Waals surface area contributed by atoms with E-state index in [0.717, 1.165) is 18.6 Å². The predicted molar refractivity (Wildman–Crippen MR) is 81.9 cm³/mol. The number of hydrogen-bond donors (Lipinski definition) is 2. The fraction of sp³-hybridized carbons (Fsp3) is 0.562. The van der Waals surface area contributed by atoms with Gasteiger partial charge in [-0.3, -0.25) is 4.79 Å². The van der Waals surface area contributed by atoms with Crippen LogP contribution in [0, 0.1) is 13.8 Å². The molecule has 0 radical (unpaired) electrons. The average molecular weight is 278 g/mol. The molecule has 0 fully saturated rings. The van der Waals surface area contributed by atoms with Crippen molar-refractivity contribution in [2.24, 2.45) is 5.73 Å². The molecule has 1 amide bonds. The van der Waals surface area contributed by atoms with E-state index in [2.05, 4.69) is 19.2 Å². The van der Waals surface area contributed by atoms with Crippen molar-refractivity contribution in [3.05, 3.63) is 29.3 Å². The first-order valence-corrected chi connectivity index (χ1v) is 7.21. The van der Waals surface area contributed by atoms with E-state index in [1.54, 1.807) is 0 Å². The summed E-state index contributed by atoms with van der Waals surface area (Å²) < 4.78 is 5.63. The molecule has 20 heavy (non-hydrogen) atoms. The summed E-state index contributed by atoms with van der Waals surface area (Å²) in [5.41, 5.74) is 8.09. The second-order valence-corrected chi connectivity index (χ2v) is 5.31. The lowest BCUT2D eigenvalue weighted by Gasteiger charge is -2.09. The molecule has 1 aromatic carbocycles. The van der Waals surface area contributed by atoms with Crippen molar-refractivity contribution < 1.29 is 9.53 Å². The number of nitrogens with one attached hydrogen (secondary N) is 1. The first-order chi connectivity index (χ1) is 9.49. The molecule has 1 atom stereocenters. The summed E-state index contributed by atoms with van der Waals surface area (Å²) >= 11 is 0. The van der Waals surface area contributed by atoms with Crippen LogP contribution in [0.15, 0.2) is 18.2 Å². The number of nitrogens with two attached hydrogens (primary N) is 1. The van der Waals surface area contributed by atoms with Gasteiger partial charge in [-0.1, -0.05) is 6.07 Å². The van der Waals surface area contributed by atoms with E-state index < -0.39 is 0 Å². The van der Waals surface area contributed by atoms with E-state index >= 15 is 0 Å². The van der Waals surface area contributed by atoms with E-state index in [9.17, 15) is 4.79 Å². The zero-order chi connectivity index (χ0) is 15.0. The highest BCUT2D eigenvalue weighted by Crippen LogP contribution is 2.16. The standard InChI is InChI=1S/C16H26N2O2/c1-12-6-7-15(11-13(12)2)20-10-4-5-16(19)18-9-8-14(3)17/h6-7,11,14H,4-5,8-10,17H2,1-3H3,(H,18,19). The van der Waals surface area contributed by atoms with Crippen LogP contribution in [-0.4, -0.2) is 25.1 Å². The van der Waals surface area contributed by atoms with Gasteiger partial charge in [-0.15, -0.1) is 0 Å². The lowest BCUT2D eigenvalue weighted by Crippen LogP contribution is -2.28. The summed E-state index contributed by atoms with van der Waals surface area (Å²) in [6.45, 7) is 7.28. The molecule has 1 rings (SSSR count). The molecule has 0 aliphatic heterocycles. The molecule has 1 aromatic rings. The first-order valence-electron chi connectivity index (χ1n) is 7.21. The number of rotatable bonds is 8. The average Bonchev–Trinajstić information content (AvgIpc) is 2.38. The molecule has 4 nitrogen and oxygen atoms in total. The number of aryl methyl sites for hydroxylation is 2. The lowest BCUT2D eigenvalue weighted by atomic mass is 10.1. The first kappa shape index (κ1) is 16.5. The summed E-state index contributed by atoms with van der Waals surface area (Å²) in [5, 5.41) is 2.85. The highest BCUT2D eigenvalue weighted by Gasteiger charge is 2.02. The lowest BCUT2D eigenvalue weighted by molar-refractivity contribution is -0.121. The van der Waals surface area contributed by atoms with Crippen molar-refractivity contribution in [2.45, 2.75) is 46.1 Å². The van der Waals surface area contributed by atoms with Crippen LogP contribution in [0.2, 0.25) is 0 Å². The fourth-order valence-corrected chi connectivity index (χ4v) is 1.75. The van der Waals surface area contributed by atoms with E-state index in [-0.39, 0.29) is 11.9 Å². The van der Waals surface area contributed by atoms with Gasteiger partial charge in [0.15, 0.2) is 0 Å². The summed E-state index contributed by atoms with van der Waals surface area (Å²) in [5.74, 6) is 0.930. The summed E-state index contributed by atoms with van der Waals surface area (Å²) in [6.07, 6.45) is 2.02. The quantitative estimate of drug-likeness (QED) is 0.717. The Labute approximate surface area is 121 Å². The molecule has 4 heteroatoms. The highest BCUT2D eigenvalue weighted by molar-refractivity contribution is 5.75. The summed E-state index contributed by atoms with van der Waals surface area (Å²) in [7, 11) is 0. The number of hydrogen-bond acceptors (Lipinski definition) is 3. The molecule has 1 unspecified atom stereocenters. The van der Waals surface area contributed by atoms with Crippen LogP contribution >= 0.6 is 0 Å². The van der Waals surface area contributed by atoms with Gasteiger partial charge in [0.25, 0.3) is 0 Å². The van der Waals surface area contributed by atoms with Crippen molar-refractivity contribution in [1.82, 2.24) is 5.32 Å². The highest BCUT2D eigenvalue weighted by atomic mass is 16.5. The van der Waals surface area contributed by atoms with Gasteiger partial charge in [0.1, 0.15) is 5.75 Å². The maximum absolute atomic E-state index is 11.5. The van der Waals surface area contributed by atoms with Gasteiger partial charge < -0.3 is 15.8 Å². The Bertz CT molecular complexity index is 430. The Morgan fingerprint density at radius 3 is 2.75 bits per heavy atom. The maximum atomic E-state index is 11.5. The van der Waals surface area contributed by atoms with Gasteiger partial charge in [-0.25, -0.2) is 0 Å². The third kappa shape index (κ3) is 6.57. The normalized spacial score (nSPS) is 12.0. The number of benzene rings is 1. The largest absolute Gasteiger partial charge is 0.494 e. The SMILES string of the molecule is Cc1ccc(OCCCC(=O)NCCC(C)N)cc1C. The van der Waals surface area contributed by atoms with E-state index in [1.165, 1.54) is 11.1 Å². The zero-order valence-corrected chi connectivity index (χ0v) is 12.7. The fourth-order valence-electron chi connectivity index (χ4n) is 1.75. The second-order valence-electron chi connectivity index (χ2n) is 5.31. The van der Waals surface area contributed by atoms with Gasteiger partial charge in [-0.2, -0.15) is 0 Å². The van der Waals surface area contributed by atoms with Crippen LogP contribution in [0.5, 0.6) is 5.75 Å². The molecule has 0 aliphatic carbocycles. The minimum Gasteiger partial charge on any atom is -0.494 e. The molecule has 0 saturated carbocycles. The molecule has 112 valence electrons. The molecule has 3 N–H and O–H groups in total. The minimum atomic E-state index is 0.0642. The number of amides is 1. The number of ether oxygens (including phenoxy) is 1. The van der Waals surface area contributed by atoms with E-state index in [1.807, 2.05) is 25.1 Å². The molecular formula is C16H26N2O2. The van der Waals surface area contributed by atoms with Crippen molar-refractivity contribution in [3.63, 3.8) is 0 Å². The van der Waals surface area contributed by atoms with Gasteiger partial charge >= 0.3 is 0 Å². The Hall–Kier alpha value is -1.55. The van der Waals surface area contributed by atoms with Gasteiger partial charge in [-0.05, 0) is 56.9 Å². The maximum Gasteiger partial charge on any atom is 0.220 e. The number of carbonyl (C=O) groups is 1. The monoisotopic (exact) mass is 278 g/mol. The molecule has 0 spiro atoms. The van der Waals surface area contributed by atoms with Gasteiger partial charge in [0.05, 0.1) is 6.61 Å². The minimum absolute atomic E-state index is 0.0642. The van der Waals surface area contributed by atoms with E-state index in [0.29, 0.717) is 19.6 Å². The Balaban J connectivity index is 2.15. The zero-order valence-electron chi connectivity index (χ0n) is 12.7. The Morgan fingerprint density at radius 2 is 2.10 bits per heavy atom. The van der Waals surface area contributed by atoms with Gasteiger partial charge in [0, 0.05) is 19.0 Å². The van der Waals surface area contributed by atoms with Crippen molar-refractivity contribution in [2.75, 3.05) is 13.2 Å².